The van der Waals surface area contributed by atoms with Crippen molar-refractivity contribution in [2.24, 2.45) is 5.73 Å². The smallest absolute Gasteiger partial charge is 0.321 e. The molecule has 1 unspecified atom stereocenters. The average Bonchev–Trinajstić information content (AvgIpc) is 3.10. The topological polar surface area (TPSA) is 104 Å². The summed E-state index contributed by atoms with van der Waals surface area (Å²) in [7, 11) is 0. The van der Waals surface area contributed by atoms with Crippen LogP contribution in [0, 0.1) is 0 Å². The molecule has 0 spiro atoms. The lowest BCUT2D eigenvalue weighted by Crippen LogP contribution is -2.51. The molecular weight excluding hydrogens is 534 g/mol. The van der Waals surface area contributed by atoms with E-state index in [9.17, 15) is 4.79 Å². The van der Waals surface area contributed by atoms with Crippen LogP contribution in [0.15, 0.2) is 85.5 Å². The Balaban J connectivity index is 1.40. The maximum Gasteiger partial charge on any atom is 0.321 e. The van der Waals surface area contributed by atoms with Crippen molar-refractivity contribution < 1.29 is 4.79 Å². The summed E-state index contributed by atoms with van der Waals surface area (Å²) < 4.78 is 0. The second-order valence-corrected chi connectivity index (χ2v) is 10.8. The van der Waals surface area contributed by atoms with Gasteiger partial charge in [0.15, 0.2) is 0 Å². The molecule has 8 nitrogen and oxygen atoms in total. The van der Waals surface area contributed by atoms with E-state index in [0.717, 1.165) is 46.7 Å². The van der Waals surface area contributed by atoms with Gasteiger partial charge in [0.05, 0.1) is 11.7 Å². The number of nitrogens with zero attached hydrogens (tertiary/aromatic N) is 4. The summed E-state index contributed by atoms with van der Waals surface area (Å²) in [5.41, 5.74) is 19.3. The van der Waals surface area contributed by atoms with E-state index in [-0.39, 0.29) is 12.1 Å². The number of rotatable bonds is 7. The lowest BCUT2D eigenvalue weighted by atomic mass is 9.92. The standard InChI is InChI=1S/C32H36ClN7O/c1-22(2)38(15-12-34)14-11-23-20-24-4-3-13-36-30(24)31(28-10-5-25(33)21-29(23)28)39-16-18-40(19-17-39)32(41)37-27-8-6-26(35)7-9-27/h3-10,12-13,15,20-21,31H,1,11,14,16-19,34-35H2,2H3,(H,37,41)/b15-12-. The molecule has 0 bridgehead atoms. The number of pyridine rings is 1. The minimum atomic E-state index is -0.112. The first-order valence-electron chi connectivity index (χ1n) is 13.8. The highest BCUT2D eigenvalue weighted by atomic mass is 35.5. The number of carbonyl (C=O) groups is 1. The van der Waals surface area contributed by atoms with E-state index in [1.54, 1.807) is 12.1 Å². The van der Waals surface area contributed by atoms with Gasteiger partial charge in [-0.15, -0.1) is 0 Å². The van der Waals surface area contributed by atoms with Crippen LogP contribution in [0.5, 0.6) is 0 Å². The molecule has 3 aromatic rings. The summed E-state index contributed by atoms with van der Waals surface area (Å²) in [4.78, 5) is 24.2. The van der Waals surface area contributed by atoms with Crippen molar-refractivity contribution in [2.75, 3.05) is 43.8 Å². The molecule has 1 aromatic heterocycles. The number of amides is 2. The number of carbonyl (C=O) groups excluding carboxylic acids is 1. The molecule has 1 atom stereocenters. The van der Waals surface area contributed by atoms with Gasteiger partial charge in [0.1, 0.15) is 0 Å². The van der Waals surface area contributed by atoms with Crippen LogP contribution in [0.3, 0.4) is 0 Å². The number of piperazine rings is 1. The second-order valence-electron chi connectivity index (χ2n) is 10.4. The van der Waals surface area contributed by atoms with Crippen LogP contribution < -0.4 is 16.8 Å². The van der Waals surface area contributed by atoms with Gasteiger partial charge in [-0.2, -0.15) is 0 Å². The molecule has 2 aromatic carbocycles. The molecule has 212 valence electrons. The highest BCUT2D eigenvalue weighted by Gasteiger charge is 2.33. The predicted octanol–water partition coefficient (Wildman–Crippen LogP) is 5.77. The number of fused-ring (bicyclic) bond motifs is 2. The third kappa shape index (κ3) is 6.39. The van der Waals surface area contributed by atoms with Gasteiger partial charge in [-0.25, -0.2) is 4.79 Å². The Labute approximate surface area is 246 Å². The van der Waals surface area contributed by atoms with Crippen LogP contribution in [-0.4, -0.2) is 58.4 Å². The number of nitrogens with one attached hydrogen (secondary N) is 1. The third-order valence-corrected chi connectivity index (χ3v) is 7.86. The SMILES string of the molecule is C=C(C)N(/C=C\N)CCC1=Cc2cccnc2C(N2CCN(C(=O)Nc3ccc(N)cc3)CC2)c2ccc(Cl)cc21. The van der Waals surface area contributed by atoms with E-state index in [1.807, 2.05) is 53.4 Å². The van der Waals surface area contributed by atoms with E-state index in [2.05, 4.69) is 41.1 Å². The van der Waals surface area contributed by atoms with E-state index in [1.165, 1.54) is 11.8 Å². The van der Waals surface area contributed by atoms with Crippen LogP contribution >= 0.6 is 11.6 Å². The molecule has 2 aliphatic rings. The normalized spacial score (nSPS) is 16.9. The molecule has 0 radical (unpaired) electrons. The summed E-state index contributed by atoms with van der Waals surface area (Å²) in [5.74, 6) is 0. The van der Waals surface area contributed by atoms with Crippen molar-refractivity contribution in [1.29, 1.82) is 0 Å². The Morgan fingerprint density at radius 2 is 1.93 bits per heavy atom. The van der Waals surface area contributed by atoms with E-state index >= 15 is 0 Å². The number of allylic oxidation sites excluding steroid dienone is 1. The van der Waals surface area contributed by atoms with E-state index in [4.69, 9.17) is 28.1 Å². The Hall–Kier alpha value is -4.27. The number of halogens is 1. The maximum atomic E-state index is 13.0. The highest BCUT2D eigenvalue weighted by Crippen LogP contribution is 2.41. The van der Waals surface area contributed by atoms with Crippen LogP contribution in [-0.2, 0) is 0 Å². The van der Waals surface area contributed by atoms with Crippen molar-refractivity contribution in [3.8, 4) is 0 Å². The van der Waals surface area contributed by atoms with Crippen molar-refractivity contribution in [2.45, 2.75) is 19.4 Å². The Bertz CT molecular complexity index is 1480. The number of nitrogen functional groups attached to an aromatic ring is 1. The summed E-state index contributed by atoms with van der Waals surface area (Å²) in [5, 5.41) is 3.67. The molecule has 0 saturated carbocycles. The van der Waals surface area contributed by atoms with E-state index < -0.39 is 0 Å². The first-order chi connectivity index (χ1) is 19.8. The van der Waals surface area contributed by atoms with Crippen molar-refractivity contribution in [1.82, 2.24) is 19.7 Å². The molecule has 1 aliphatic carbocycles. The number of benzene rings is 2. The highest BCUT2D eigenvalue weighted by molar-refractivity contribution is 6.30. The number of anilines is 2. The minimum absolute atomic E-state index is 0.0734. The molecule has 1 saturated heterocycles. The summed E-state index contributed by atoms with van der Waals surface area (Å²) in [6.07, 6.45) is 8.23. The maximum absolute atomic E-state index is 13.0. The van der Waals surface area contributed by atoms with Crippen LogP contribution in [0.4, 0.5) is 16.2 Å². The van der Waals surface area contributed by atoms with Crippen molar-refractivity contribution in [3.05, 3.63) is 113 Å². The molecule has 9 heteroatoms. The van der Waals surface area contributed by atoms with Gasteiger partial charge in [-0.3, -0.25) is 9.88 Å². The molecule has 1 fully saturated rings. The monoisotopic (exact) mass is 569 g/mol. The third-order valence-electron chi connectivity index (χ3n) is 7.62. The number of aromatic nitrogens is 1. The number of urea groups is 1. The Morgan fingerprint density at radius 1 is 1.17 bits per heavy atom. The molecule has 41 heavy (non-hydrogen) atoms. The molecule has 1 aliphatic heterocycles. The Kier molecular flexibility index (Phi) is 8.61. The fraction of sp³-hybridized carbons (Fsp3) is 0.250. The molecule has 5 N–H and O–H groups in total. The van der Waals surface area contributed by atoms with Gasteiger partial charge in [-0.05, 0) is 84.1 Å². The zero-order valence-electron chi connectivity index (χ0n) is 23.3. The molecule has 2 heterocycles. The van der Waals surface area contributed by atoms with Crippen LogP contribution in [0.1, 0.15) is 41.8 Å². The van der Waals surface area contributed by atoms with Crippen molar-refractivity contribution >= 4 is 40.7 Å². The van der Waals surface area contributed by atoms with Gasteiger partial charge in [0.2, 0.25) is 0 Å². The van der Waals surface area contributed by atoms with Crippen LogP contribution in [0.25, 0.3) is 11.6 Å². The van der Waals surface area contributed by atoms with Gasteiger partial charge in [0, 0.05) is 73.4 Å². The fourth-order valence-corrected chi connectivity index (χ4v) is 5.68. The molecule has 2 amide bonds. The van der Waals surface area contributed by atoms with Gasteiger partial charge in [-0.1, -0.05) is 30.3 Å². The lowest BCUT2D eigenvalue weighted by molar-refractivity contribution is 0.125. The number of nitrogens with two attached hydrogens (primary N) is 2. The molecular formula is C32H36ClN7O. The average molecular weight is 570 g/mol. The quantitative estimate of drug-likeness (QED) is 0.312. The zero-order valence-corrected chi connectivity index (χ0v) is 24.0. The Morgan fingerprint density at radius 3 is 2.63 bits per heavy atom. The fourth-order valence-electron chi connectivity index (χ4n) is 5.50. The van der Waals surface area contributed by atoms with E-state index in [0.29, 0.717) is 36.9 Å². The minimum Gasteiger partial charge on any atom is -0.403 e. The largest absolute Gasteiger partial charge is 0.403 e. The summed E-state index contributed by atoms with van der Waals surface area (Å²) in [6, 6.07) is 17.2. The zero-order chi connectivity index (χ0) is 28.9. The predicted molar refractivity (Wildman–Crippen MR) is 168 cm³/mol. The second kappa shape index (κ2) is 12.5. The lowest BCUT2D eigenvalue weighted by Gasteiger charge is -2.39. The van der Waals surface area contributed by atoms with Gasteiger partial charge in [0.25, 0.3) is 0 Å². The number of hydrogen-bond acceptors (Lipinski definition) is 6. The first-order valence-corrected chi connectivity index (χ1v) is 14.1. The van der Waals surface area contributed by atoms with Crippen LogP contribution in [0.2, 0.25) is 5.02 Å². The summed E-state index contributed by atoms with van der Waals surface area (Å²) >= 11 is 6.57. The van der Waals surface area contributed by atoms with Gasteiger partial charge < -0.3 is 26.6 Å². The van der Waals surface area contributed by atoms with Gasteiger partial charge >= 0.3 is 6.03 Å². The summed E-state index contributed by atoms with van der Waals surface area (Å²) in [6.45, 7) is 9.40. The molecule has 5 rings (SSSR count). The van der Waals surface area contributed by atoms with Crippen molar-refractivity contribution in [3.63, 3.8) is 0 Å². The first kappa shape index (κ1) is 28.3. The number of hydrogen-bond donors (Lipinski definition) is 3.